The molecule has 3 amide bonds. The number of nitrogens with one attached hydrogen (secondary N) is 1. The van der Waals surface area contributed by atoms with Gasteiger partial charge in [-0.1, -0.05) is 70.8 Å². The lowest BCUT2D eigenvalue weighted by molar-refractivity contribution is -0.162. The van der Waals surface area contributed by atoms with Gasteiger partial charge in [-0.2, -0.15) is 0 Å². The van der Waals surface area contributed by atoms with Crippen molar-refractivity contribution in [1.82, 2.24) is 10.2 Å². The number of carbonyl (C=O) groups is 4. The number of alkyl carbamates (subject to hydrolysis) is 1. The van der Waals surface area contributed by atoms with Gasteiger partial charge in [-0.15, -0.1) is 0 Å². The van der Waals surface area contributed by atoms with Crippen LogP contribution in [0.2, 0.25) is 5.02 Å². The maximum absolute atomic E-state index is 14.2. The number of epoxide rings is 1. The van der Waals surface area contributed by atoms with Crippen LogP contribution in [0.1, 0.15) is 65.9 Å². The predicted molar refractivity (Wildman–Crippen MR) is 211 cm³/mol. The molecular formula is C38H54ClN3O10S2. The highest BCUT2D eigenvalue weighted by Crippen LogP contribution is 2.49. The third-order valence-electron chi connectivity index (χ3n) is 10.5. The van der Waals surface area contributed by atoms with Crippen molar-refractivity contribution in [2.24, 2.45) is 5.92 Å². The summed E-state index contributed by atoms with van der Waals surface area (Å²) in [6, 6.07) is 2.63. The first-order chi connectivity index (χ1) is 25.4. The van der Waals surface area contributed by atoms with Crippen LogP contribution in [0.15, 0.2) is 35.9 Å². The number of halogens is 1. The van der Waals surface area contributed by atoms with E-state index in [9.17, 15) is 24.3 Å². The lowest BCUT2D eigenvalue weighted by atomic mass is 9.83. The fourth-order valence-corrected chi connectivity index (χ4v) is 9.06. The van der Waals surface area contributed by atoms with Crippen molar-refractivity contribution in [1.29, 1.82) is 0 Å². The number of rotatable bonds is 10. The normalized spacial score (nSPS) is 31.4. The van der Waals surface area contributed by atoms with Gasteiger partial charge in [0, 0.05) is 45.2 Å². The van der Waals surface area contributed by atoms with Crippen molar-refractivity contribution in [3.05, 3.63) is 46.5 Å². The van der Waals surface area contributed by atoms with Crippen LogP contribution < -0.4 is 15.0 Å². The summed E-state index contributed by atoms with van der Waals surface area (Å²) in [5.41, 5.74) is -0.890. The minimum Gasteiger partial charge on any atom is -0.495 e. The zero-order chi connectivity index (χ0) is 40.1. The monoisotopic (exact) mass is 811 g/mol. The Hall–Kier alpha value is -2.95. The highest BCUT2D eigenvalue weighted by molar-refractivity contribution is 8.76. The van der Waals surface area contributed by atoms with Crippen LogP contribution in [0.25, 0.3) is 0 Å². The molecule has 0 aliphatic carbocycles. The topological polar surface area (TPSA) is 156 Å². The van der Waals surface area contributed by atoms with Crippen molar-refractivity contribution < 1.29 is 48.0 Å². The molecule has 1 aromatic carbocycles. The molecular weight excluding hydrogens is 758 g/mol. The minimum absolute atomic E-state index is 0.0460. The Morgan fingerprint density at radius 2 is 1.94 bits per heavy atom. The highest BCUT2D eigenvalue weighted by Gasteiger charge is 2.64. The van der Waals surface area contributed by atoms with E-state index in [0.29, 0.717) is 24.3 Å². The van der Waals surface area contributed by atoms with Crippen LogP contribution in [0.5, 0.6) is 5.75 Å². The van der Waals surface area contributed by atoms with Crippen molar-refractivity contribution in [2.75, 3.05) is 39.5 Å². The number of hydrogen-bond donors (Lipinski definition) is 2. The van der Waals surface area contributed by atoms with Gasteiger partial charge in [-0.3, -0.25) is 14.9 Å². The number of benzene rings is 1. The number of allylic oxidation sites excluding steroid dienone is 3. The van der Waals surface area contributed by atoms with Gasteiger partial charge < -0.3 is 38.6 Å². The van der Waals surface area contributed by atoms with Gasteiger partial charge >= 0.3 is 12.1 Å². The fraction of sp³-hybridized carbons (Fsp3) is 0.632. The number of amides is 3. The lowest BCUT2D eigenvalue weighted by Crippen LogP contribution is -2.63. The first-order valence-corrected chi connectivity index (χ1v) is 20.9. The second-order valence-electron chi connectivity index (χ2n) is 14.5. The van der Waals surface area contributed by atoms with Crippen LogP contribution in [0, 0.1) is 5.92 Å². The summed E-state index contributed by atoms with van der Waals surface area (Å²) in [5.74, 6) is -1.48. The molecule has 4 bridgehead atoms. The molecule has 13 nitrogen and oxygen atoms in total. The molecule has 9 atom stereocenters. The SMILES string of the molecule is COc1cc2cc(c1Cl)N(C)C(=O)C[C@H](OC(=O)[C@@H](C)N(C)C(=O)CC[C@@H](C)SSC)[C@]1(C)O[C@H]1[C@H](C)[C@@H]1C[C@@](O)(NC(=O)O1)[C@H](OC)/C=C/C=C(/C)C2. The van der Waals surface area contributed by atoms with Crippen molar-refractivity contribution in [3.8, 4) is 5.75 Å². The van der Waals surface area contributed by atoms with E-state index in [1.54, 1.807) is 73.8 Å². The molecule has 2 saturated heterocycles. The molecule has 0 radical (unpaired) electrons. The molecule has 0 spiro atoms. The number of anilines is 1. The summed E-state index contributed by atoms with van der Waals surface area (Å²) in [7, 11) is 9.38. The second kappa shape index (κ2) is 18.3. The standard InChI is InChI=1S/C38H54ClN3O10S2/c1-21-12-11-13-29(49-9)38(47)20-28(50-36(46)40-38)23(3)34-37(5,52-34)30(51-35(45)24(4)41(6)31(43)15-14-22(2)54-53-10)19-32(44)42(7)26-17-25(16-21)18-27(48-8)33(26)39/h11-13,17-18,22-24,28-30,34,47H,14-16,19-20H2,1-10H3,(H,40,46)/b13-11+,21-12-/t22-,23-,24-,28+,29-,30+,34+,37+,38+/m1/s1. The zero-order valence-electron chi connectivity index (χ0n) is 32.7. The first kappa shape index (κ1) is 43.8. The van der Waals surface area contributed by atoms with Gasteiger partial charge in [0.2, 0.25) is 11.8 Å². The molecule has 0 aromatic heterocycles. The summed E-state index contributed by atoms with van der Waals surface area (Å²) >= 11 is 6.77. The van der Waals surface area contributed by atoms with Gasteiger partial charge in [0.15, 0.2) is 5.72 Å². The van der Waals surface area contributed by atoms with Gasteiger partial charge in [-0.05, 0) is 57.6 Å². The molecule has 16 heteroatoms. The number of likely N-dealkylation sites (N-methyl/N-ethyl adjacent to an activating group) is 1. The fourth-order valence-electron chi connectivity index (χ4n) is 6.93. The number of aliphatic hydroxyl groups is 1. The molecule has 1 aromatic rings. The van der Waals surface area contributed by atoms with Gasteiger partial charge in [-0.25, -0.2) is 9.59 Å². The number of esters is 1. The van der Waals surface area contributed by atoms with E-state index in [1.165, 1.54) is 24.0 Å². The average Bonchev–Trinajstić information content (AvgIpc) is 3.82. The minimum atomic E-state index is -1.82. The molecule has 3 aliphatic heterocycles. The third kappa shape index (κ3) is 10.1. The van der Waals surface area contributed by atoms with E-state index in [0.717, 1.165) is 11.1 Å². The number of methoxy groups -OCH3 is 2. The van der Waals surface area contributed by atoms with Crippen LogP contribution in [-0.4, -0.2) is 115 Å². The van der Waals surface area contributed by atoms with Crippen molar-refractivity contribution >= 4 is 62.8 Å². The van der Waals surface area contributed by atoms with Crippen molar-refractivity contribution in [2.45, 2.75) is 114 Å². The van der Waals surface area contributed by atoms with E-state index in [2.05, 4.69) is 5.32 Å². The second-order valence-corrected chi connectivity index (χ2v) is 17.8. The Balaban J connectivity index is 1.72. The van der Waals surface area contributed by atoms with Crippen LogP contribution in [-0.2, 0) is 39.8 Å². The molecule has 300 valence electrons. The summed E-state index contributed by atoms with van der Waals surface area (Å²) in [4.78, 5) is 56.7. The Bertz CT molecular complexity index is 1630. The number of carbonyl (C=O) groups excluding carboxylic acids is 4. The Morgan fingerprint density at radius 1 is 1.24 bits per heavy atom. The van der Waals surface area contributed by atoms with Gasteiger partial charge in [0.1, 0.15) is 40.7 Å². The van der Waals surface area contributed by atoms with E-state index in [1.807, 2.05) is 33.1 Å². The van der Waals surface area contributed by atoms with Crippen LogP contribution in [0.3, 0.4) is 0 Å². The zero-order valence-corrected chi connectivity index (χ0v) is 35.1. The summed E-state index contributed by atoms with van der Waals surface area (Å²) in [6.07, 6.45) is 3.89. The largest absolute Gasteiger partial charge is 0.495 e. The molecule has 0 saturated carbocycles. The number of fused-ring (bicyclic) bond motifs is 5. The van der Waals surface area contributed by atoms with Crippen molar-refractivity contribution in [3.63, 3.8) is 0 Å². The molecule has 3 heterocycles. The number of nitrogens with zero attached hydrogens (tertiary/aromatic N) is 2. The highest BCUT2D eigenvalue weighted by atomic mass is 35.5. The quantitative estimate of drug-likeness (QED) is 0.169. The Morgan fingerprint density at radius 3 is 2.59 bits per heavy atom. The van der Waals surface area contributed by atoms with Crippen LogP contribution >= 0.6 is 33.2 Å². The lowest BCUT2D eigenvalue weighted by Gasteiger charge is -2.42. The van der Waals surface area contributed by atoms with Gasteiger partial charge in [0.05, 0.1) is 25.3 Å². The van der Waals surface area contributed by atoms with E-state index in [4.69, 9.17) is 35.3 Å². The summed E-state index contributed by atoms with van der Waals surface area (Å²) < 4.78 is 29.3. The smallest absolute Gasteiger partial charge is 0.409 e. The predicted octanol–water partition coefficient (Wildman–Crippen LogP) is 5.69. The summed E-state index contributed by atoms with van der Waals surface area (Å²) in [6.45, 7) is 9.09. The van der Waals surface area contributed by atoms with E-state index in [-0.39, 0.29) is 35.4 Å². The van der Waals surface area contributed by atoms with Gasteiger partial charge in [0.25, 0.3) is 0 Å². The average molecular weight is 812 g/mol. The molecule has 2 fully saturated rings. The van der Waals surface area contributed by atoms with E-state index >= 15 is 0 Å². The Kier molecular flexibility index (Phi) is 14.9. The number of hydrogen-bond acceptors (Lipinski definition) is 12. The molecule has 2 N–H and O–H groups in total. The van der Waals surface area contributed by atoms with Crippen LogP contribution in [0.4, 0.5) is 10.5 Å². The van der Waals surface area contributed by atoms with E-state index < -0.39 is 65.7 Å². The Labute approximate surface area is 331 Å². The molecule has 4 rings (SSSR count). The molecule has 54 heavy (non-hydrogen) atoms. The maximum atomic E-state index is 14.2. The number of ether oxygens (including phenoxy) is 5. The molecule has 3 aliphatic rings. The summed E-state index contributed by atoms with van der Waals surface area (Å²) in [5, 5.41) is 14.8. The first-order valence-electron chi connectivity index (χ1n) is 17.9. The third-order valence-corrected chi connectivity index (χ3v) is 13.2. The molecule has 0 unspecified atom stereocenters. The maximum Gasteiger partial charge on any atom is 0.409 e.